The number of carboxylic acid groups (broad SMARTS) is 1. The number of benzene rings is 2. The number of piperidine rings is 1. The van der Waals surface area contributed by atoms with Crippen LogP contribution in [0.4, 0.5) is 0 Å². The minimum absolute atomic E-state index is 0.168. The van der Waals surface area contributed by atoms with E-state index in [9.17, 15) is 14.7 Å². The van der Waals surface area contributed by atoms with E-state index in [2.05, 4.69) is 10.2 Å². The number of aliphatic carboxylic acids is 1. The molecular weight excluding hydrogens is 380 g/mol. The van der Waals surface area contributed by atoms with Gasteiger partial charge in [0.1, 0.15) is 6.54 Å². The molecule has 0 radical (unpaired) electrons. The summed E-state index contributed by atoms with van der Waals surface area (Å²) in [5, 5.41) is 23.2. The Morgan fingerprint density at radius 2 is 1.80 bits per heavy atom. The van der Waals surface area contributed by atoms with Crippen LogP contribution in [0.25, 0.3) is 0 Å². The summed E-state index contributed by atoms with van der Waals surface area (Å²) in [7, 11) is 0. The van der Waals surface area contributed by atoms with E-state index in [4.69, 9.17) is 5.11 Å². The minimum Gasteiger partial charge on any atom is -0.480 e. The van der Waals surface area contributed by atoms with Crippen molar-refractivity contribution in [2.24, 2.45) is 11.8 Å². The lowest BCUT2D eigenvalue weighted by Gasteiger charge is -2.39. The zero-order valence-electron chi connectivity index (χ0n) is 17.0. The van der Waals surface area contributed by atoms with Crippen LogP contribution in [-0.4, -0.2) is 53.2 Å². The van der Waals surface area contributed by atoms with Crippen LogP contribution in [-0.2, 0) is 16.8 Å². The summed E-state index contributed by atoms with van der Waals surface area (Å²) in [4.78, 5) is 25.7. The molecule has 2 fully saturated rings. The average molecular weight is 408 g/mol. The predicted molar refractivity (Wildman–Crippen MR) is 113 cm³/mol. The molecule has 1 amide bonds. The first-order valence-electron chi connectivity index (χ1n) is 10.6. The maximum atomic E-state index is 12.5. The molecule has 6 heteroatoms. The van der Waals surface area contributed by atoms with Crippen LogP contribution in [0.5, 0.6) is 0 Å². The molecule has 2 heterocycles. The first-order chi connectivity index (χ1) is 14.5. The van der Waals surface area contributed by atoms with Crippen molar-refractivity contribution >= 4 is 11.9 Å². The van der Waals surface area contributed by atoms with Gasteiger partial charge in [-0.2, -0.15) is 0 Å². The number of carbonyl (C=O) groups excluding carboxylic acids is 1. The standard InChI is InChI=1S/C24H28N2O4/c27-22(28)14-25-23(29)20-9-5-4-6-17(20)10-12-24(30,19-7-2-1-3-8-19)21-16-26-13-11-18(21)15-26/h1-9,18,21,30H,10-16H2,(H,25,29)(H,27,28). The monoisotopic (exact) mass is 408 g/mol. The summed E-state index contributed by atoms with van der Waals surface area (Å²) >= 11 is 0. The molecule has 2 bridgehead atoms. The summed E-state index contributed by atoms with van der Waals surface area (Å²) in [6, 6.07) is 17.1. The lowest BCUT2D eigenvalue weighted by Crippen LogP contribution is -2.42. The lowest BCUT2D eigenvalue weighted by molar-refractivity contribution is -0.135. The second-order valence-corrected chi connectivity index (χ2v) is 8.44. The zero-order valence-corrected chi connectivity index (χ0v) is 17.0. The molecule has 158 valence electrons. The van der Waals surface area contributed by atoms with Crippen molar-refractivity contribution in [3.8, 4) is 0 Å². The maximum absolute atomic E-state index is 12.5. The highest BCUT2D eigenvalue weighted by molar-refractivity contribution is 5.97. The van der Waals surface area contributed by atoms with E-state index in [1.165, 1.54) is 0 Å². The van der Waals surface area contributed by atoms with Gasteiger partial charge in [0, 0.05) is 24.6 Å². The Bertz CT molecular complexity index is 916. The normalized spacial score (nSPS) is 24.4. The van der Waals surface area contributed by atoms with Gasteiger partial charge in [-0.25, -0.2) is 0 Å². The molecule has 2 saturated heterocycles. The minimum atomic E-state index is -1.08. The van der Waals surface area contributed by atoms with Gasteiger partial charge in [0.2, 0.25) is 0 Å². The number of fused-ring (bicyclic) bond motifs is 2. The predicted octanol–water partition coefficient (Wildman–Crippen LogP) is 2.27. The topological polar surface area (TPSA) is 89.9 Å². The van der Waals surface area contributed by atoms with Crippen molar-refractivity contribution in [1.82, 2.24) is 10.2 Å². The van der Waals surface area contributed by atoms with Crippen molar-refractivity contribution < 1.29 is 19.8 Å². The third-order valence-electron chi connectivity index (χ3n) is 6.66. The van der Waals surface area contributed by atoms with E-state index in [1.807, 2.05) is 42.5 Å². The van der Waals surface area contributed by atoms with E-state index in [-0.39, 0.29) is 5.92 Å². The highest BCUT2D eigenvalue weighted by atomic mass is 16.4. The van der Waals surface area contributed by atoms with Gasteiger partial charge in [0.25, 0.3) is 5.91 Å². The van der Waals surface area contributed by atoms with E-state index in [0.717, 1.165) is 37.2 Å². The van der Waals surface area contributed by atoms with Crippen LogP contribution >= 0.6 is 0 Å². The summed E-state index contributed by atoms with van der Waals surface area (Å²) in [6.45, 7) is 2.64. The van der Waals surface area contributed by atoms with Gasteiger partial charge in [0.05, 0.1) is 5.60 Å². The van der Waals surface area contributed by atoms with Crippen LogP contribution in [0.2, 0.25) is 0 Å². The molecule has 0 aromatic heterocycles. The number of carboxylic acids is 1. The molecule has 4 unspecified atom stereocenters. The Labute approximate surface area is 176 Å². The highest BCUT2D eigenvalue weighted by Gasteiger charge is 2.49. The first kappa shape index (κ1) is 20.6. The highest BCUT2D eigenvalue weighted by Crippen LogP contribution is 2.46. The molecule has 0 aliphatic carbocycles. The quantitative estimate of drug-likeness (QED) is 0.624. The van der Waals surface area contributed by atoms with E-state index < -0.39 is 24.0 Å². The molecule has 2 aliphatic heterocycles. The number of amides is 1. The summed E-state index contributed by atoms with van der Waals surface area (Å²) < 4.78 is 0. The largest absolute Gasteiger partial charge is 0.480 e. The number of nitrogens with one attached hydrogen (secondary N) is 1. The number of aryl methyl sites for hydroxylation is 1. The smallest absolute Gasteiger partial charge is 0.322 e. The average Bonchev–Trinajstić information content (AvgIpc) is 3.41. The van der Waals surface area contributed by atoms with E-state index in [1.54, 1.807) is 12.1 Å². The fraction of sp³-hybridized carbons (Fsp3) is 0.417. The Kier molecular flexibility index (Phi) is 5.88. The van der Waals surface area contributed by atoms with Crippen molar-refractivity contribution in [1.29, 1.82) is 0 Å². The molecule has 2 aromatic carbocycles. The maximum Gasteiger partial charge on any atom is 0.322 e. The number of hydrogen-bond acceptors (Lipinski definition) is 4. The molecule has 2 aliphatic rings. The Morgan fingerprint density at radius 1 is 1.07 bits per heavy atom. The molecule has 30 heavy (non-hydrogen) atoms. The molecular formula is C24H28N2O4. The van der Waals surface area contributed by atoms with Crippen LogP contribution in [0.1, 0.15) is 34.3 Å². The molecule has 2 aromatic rings. The van der Waals surface area contributed by atoms with Gasteiger partial charge in [-0.05, 0) is 48.9 Å². The third-order valence-corrected chi connectivity index (χ3v) is 6.66. The number of nitrogens with zero attached hydrogens (tertiary/aromatic N) is 1. The summed E-state index contributed by atoms with van der Waals surface area (Å²) in [5.74, 6) is -0.821. The number of rotatable bonds is 8. The van der Waals surface area contributed by atoms with Crippen LogP contribution < -0.4 is 5.32 Å². The van der Waals surface area contributed by atoms with Gasteiger partial charge in [-0.3, -0.25) is 9.59 Å². The zero-order chi connectivity index (χ0) is 21.1. The number of hydrogen-bond donors (Lipinski definition) is 3. The summed E-state index contributed by atoms with van der Waals surface area (Å²) in [5.41, 5.74) is 1.24. The van der Waals surface area contributed by atoms with Crippen LogP contribution in [0.15, 0.2) is 54.6 Å². The van der Waals surface area contributed by atoms with Crippen molar-refractivity contribution in [2.75, 3.05) is 26.2 Å². The van der Waals surface area contributed by atoms with Crippen LogP contribution in [0, 0.1) is 11.8 Å². The number of carbonyl (C=O) groups is 2. The molecule has 4 rings (SSSR count). The Hall–Kier alpha value is -2.70. The summed E-state index contributed by atoms with van der Waals surface area (Å²) in [6.07, 6.45) is 2.16. The van der Waals surface area contributed by atoms with Gasteiger partial charge >= 0.3 is 5.97 Å². The van der Waals surface area contributed by atoms with Gasteiger partial charge < -0.3 is 20.4 Å². The van der Waals surface area contributed by atoms with Crippen molar-refractivity contribution in [3.05, 3.63) is 71.3 Å². The first-order valence-corrected chi connectivity index (χ1v) is 10.6. The fourth-order valence-electron chi connectivity index (χ4n) is 5.13. The third kappa shape index (κ3) is 4.11. The molecule has 6 nitrogen and oxygen atoms in total. The SMILES string of the molecule is O=C(O)CNC(=O)c1ccccc1CCC(O)(c1ccccc1)C1CN2CCC1C2. The lowest BCUT2D eigenvalue weighted by atomic mass is 9.71. The van der Waals surface area contributed by atoms with Gasteiger partial charge in [0.15, 0.2) is 0 Å². The second kappa shape index (κ2) is 8.58. The Balaban J connectivity index is 1.57. The van der Waals surface area contributed by atoms with Gasteiger partial charge in [-0.15, -0.1) is 0 Å². The van der Waals surface area contributed by atoms with E-state index >= 15 is 0 Å². The second-order valence-electron chi connectivity index (χ2n) is 8.44. The molecule has 0 saturated carbocycles. The van der Waals surface area contributed by atoms with Crippen molar-refractivity contribution in [3.63, 3.8) is 0 Å². The number of aliphatic hydroxyl groups is 1. The van der Waals surface area contributed by atoms with Crippen LogP contribution in [0.3, 0.4) is 0 Å². The Morgan fingerprint density at radius 3 is 2.47 bits per heavy atom. The molecule has 4 atom stereocenters. The fourth-order valence-corrected chi connectivity index (χ4v) is 5.13. The molecule has 3 N–H and O–H groups in total. The van der Waals surface area contributed by atoms with Crippen molar-refractivity contribution in [2.45, 2.75) is 24.9 Å². The van der Waals surface area contributed by atoms with E-state index in [0.29, 0.717) is 24.3 Å². The molecule has 0 spiro atoms. The van der Waals surface area contributed by atoms with Gasteiger partial charge in [-0.1, -0.05) is 48.5 Å².